The van der Waals surface area contributed by atoms with Crippen molar-refractivity contribution in [3.8, 4) is 17.0 Å². The molecule has 2 aromatic rings. The normalized spacial score (nSPS) is 10.1. The Morgan fingerprint density at radius 1 is 1.14 bits per heavy atom. The largest absolute Gasteiger partial charge is 0.508 e. The summed E-state index contributed by atoms with van der Waals surface area (Å²) in [7, 11) is 0. The molecule has 0 bridgehead atoms. The van der Waals surface area contributed by atoms with E-state index in [1.54, 1.807) is 24.3 Å². The summed E-state index contributed by atoms with van der Waals surface area (Å²) in [6, 6.07) is 8.47. The van der Waals surface area contributed by atoms with Gasteiger partial charge in [-0.25, -0.2) is 9.97 Å². The molecule has 0 radical (unpaired) electrons. The van der Waals surface area contributed by atoms with Gasteiger partial charge in [0.25, 0.3) is 0 Å². The topological polar surface area (TPSA) is 46.0 Å². The second-order valence-corrected chi connectivity index (χ2v) is 3.16. The van der Waals surface area contributed by atoms with Gasteiger partial charge < -0.3 is 5.11 Å². The summed E-state index contributed by atoms with van der Waals surface area (Å²) in [5.41, 5.74) is 1.51. The van der Waals surface area contributed by atoms with Crippen molar-refractivity contribution in [3.05, 3.63) is 41.8 Å². The fraction of sp³-hybridized carbons (Fsp3) is 0. The predicted octanol–water partition coefficient (Wildman–Crippen LogP) is 2.50. The maximum absolute atomic E-state index is 9.27. The van der Waals surface area contributed by atoms with Gasteiger partial charge in [0.1, 0.15) is 17.2 Å². The highest BCUT2D eigenvalue weighted by Crippen LogP contribution is 2.22. The zero-order chi connectivity index (χ0) is 9.97. The Balaban J connectivity index is 2.49. The highest BCUT2D eigenvalue weighted by atomic mass is 35.5. The van der Waals surface area contributed by atoms with Crippen molar-refractivity contribution in [2.24, 2.45) is 0 Å². The van der Waals surface area contributed by atoms with E-state index >= 15 is 0 Å². The fourth-order valence-electron chi connectivity index (χ4n) is 1.16. The van der Waals surface area contributed by atoms with Crippen LogP contribution in [0.25, 0.3) is 11.3 Å². The molecule has 1 N–H and O–H groups in total. The lowest BCUT2D eigenvalue weighted by Gasteiger charge is -2.00. The van der Waals surface area contributed by atoms with Crippen LogP contribution in [0.5, 0.6) is 5.75 Å². The second kappa shape index (κ2) is 3.64. The number of aromatic nitrogens is 2. The first kappa shape index (κ1) is 8.97. The molecule has 0 atom stereocenters. The summed E-state index contributed by atoms with van der Waals surface area (Å²) < 4.78 is 0. The third-order valence-electron chi connectivity index (χ3n) is 1.78. The Labute approximate surface area is 86.0 Å². The van der Waals surface area contributed by atoms with Gasteiger partial charge in [-0.05, 0) is 12.1 Å². The van der Waals surface area contributed by atoms with Crippen molar-refractivity contribution in [1.29, 1.82) is 0 Å². The van der Waals surface area contributed by atoms with Crippen LogP contribution in [0.2, 0.25) is 5.15 Å². The zero-order valence-electron chi connectivity index (χ0n) is 7.18. The van der Waals surface area contributed by atoms with Gasteiger partial charge >= 0.3 is 0 Å². The molecule has 0 aliphatic heterocycles. The summed E-state index contributed by atoms with van der Waals surface area (Å²) in [6.45, 7) is 0. The Morgan fingerprint density at radius 3 is 2.71 bits per heavy atom. The van der Waals surface area contributed by atoms with Gasteiger partial charge in [-0.2, -0.15) is 0 Å². The van der Waals surface area contributed by atoms with E-state index in [-0.39, 0.29) is 5.75 Å². The standard InChI is InChI=1S/C10H7ClN2O/c11-10-5-9(12-6-13-10)7-2-1-3-8(14)4-7/h1-6,14H. The number of halogens is 1. The van der Waals surface area contributed by atoms with E-state index in [1.165, 1.54) is 6.33 Å². The van der Waals surface area contributed by atoms with Crippen LogP contribution in [0.3, 0.4) is 0 Å². The quantitative estimate of drug-likeness (QED) is 0.730. The lowest BCUT2D eigenvalue weighted by atomic mass is 10.1. The van der Waals surface area contributed by atoms with E-state index in [4.69, 9.17) is 11.6 Å². The number of hydrogen-bond donors (Lipinski definition) is 1. The van der Waals surface area contributed by atoms with E-state index in [2.05, 4.69) is 9.97 Å². The van der Waals surface area contributed by atoms with E-state index in [0.29, 0.717) is 10.8 Å². The van der Waals surface area contributed by atoms with Crippen molar-refractivity contribution in [1.82, 2.24) is 9.97 Å². The van der Waals surface area contributed by atoms with Crippen LogP contribution in [0.15, 0.2) is 36.7 Å². The molecule has 2 rings (SSSR count). The number of nitrogens with zero attached hydrogens (tertiary/aromatic N) is 2. The van der Waals surface area contributed by atoms with Crippen LogP contribution in [0.1, 0.15) is 0 Å². The van der Waals surface area contributed by atoms with Gasteiger partial charge in [-0.1, -0.05) is 23.7 Å². The lowest BCUT2D eigenvalue weighted by molar-refractivity contribution is 0.475. The third-order valence-corrected chi connectivity index (χ3v) is 1.98. The molecule has 1 aromatic carbocycles. The zero-order valence-corrected chi connectivity index (χ0v) is 7.94. The minimum absolute atomic E-state index is 0.206. The van der Waals surface area contributed by atoms with Gasteiger partial charge in [-0.3, -0.25) is 0 Å². The first-order valence-corrected chi connectivity index (χ1v) is 4.40. The molecule has 3 nitrogen and oxygen atoms in total. The maximum atomic E-state index is 9.27. The Kier molecular flexibility index (Phi) is 2.33. The third kappa shape index (κ3) is 1.83. The molecular weight excluding hydrogens is 200 g/mol. The Bertz CT molecular complexity index is 416. The van der Waals surface area contributed by atoms with Gasteiger partial charge in [0, 0.05) is 11.6 Å². The van der Waals surface area contributed by atoms with E-state index in [1.807, 2.05) is 6.07 Å². The first-order valence-electron chi connectivity index (χ1n) is 4.02. The molecule has 0 spiro atoms. The highest BCUT2D eigenvalue weighted by Gasteiger charge is 2.00. The smallest absolute Gasteiger partial charge is 0.133 e. The van der Waals surface area contributed by atoms with E-state index < -0.39 is 0 Å². The molecule has 14 heavy (non-hydrogen) atoms. The van der Waals surface area contributed by atoms with Crippen molar-refractivity contribution in [3.63, 3.8) is 0 Å². The van der Waals surface area contributed by atoms with Crippen molar-refractivity contribution in [2.45, 2.75) is 0 Å². The van der Waals surface area contributed by atoms with Gasteiger partial charge in [0.15, 0.2) is 0 Å². The van der Waals surface area contributed by atoms with Crippen molar-refractivity contribution >= 4 is 11.6 Å². The predicted molar refractivity (Wildman–Crippen MR) is 54.1 cm³/mol. The molecule has 4 heteroatoms. The van der Waals surface area contributed by atoms with E-state index in [9.17, 15) is 5.11 Å². The summed E-state index contributed by atoms with van der Waals surface area (Å²) in [5, 5.41) is 9.65. The van der Waals surface area contributed by atoms with Crippen LogP contribution in [-0.2, 0) is 0 Å². The molecule has 0 unspecified atom stereocenters. The van der Waals surface area contributed by atoms with Crippen LogP contribution >= 0.6 is 11.6 Å². The van der Waals surface area contributed by atoms with Gasteiger partial charge in [0.2, 0.25) is 0 Å². The SMILES string of the molecule is Oc1cccc(-c2cc(Cl)ncn2)c1. The highest BCUT2D eigenvalue weighted by molar-refractivity contribution is 6.29. The van der Waals surface area contributed by atoms with Crippen molar-refractivity contribution < 1.29 is 5.11 Å². The average Bonchev–Trinajstić information content (AvgIpc) is 2.18. The number of phenols is 1. The van der Waals surface area contributed by atoms with Crippen LogP contribution in [0.4, 0.5) is 0 Å². The molecule has 1 heterocycles. The average molecular weight is 207 g/mol. The molecule has 70 valence electrons. The van der Waals surface area contributed by atoms with Crippen LogP contribution in [-0.4, -0.2) is 15.1 Å². The molecule has 1 aromatic heterocycles. The summed E-state index contributed by atoms with van der Waals surface area (Å²) in [5.74, 6) is 0.206. The number of hydrogen-bond acceptors (Lipinski definition) is 3. The first-order chi connectivity index (χ1) is 6.75. The molecule has 0 amide bonds. The number of benzene rings is 1. The van der Waals surface area contributed by atoms with Gasteiger partial charge in [-0.15, -0.1) is 0 Å². The number of rotatable bonds is 1. The summed E-state index contributed by atoms with van der Waals surface area (Å²) in [4.78, 5) is 7.82. The summed E-state index contributed by atoms with van der Waals surface area (Å²) in [6.07, 6.45) is 1.39. The summed E-state index contributed by atoms with van der Waals surface area (Å²) >= 11 is 5.72. The van der Waals surface area contributed by atoms with Gasteiger partial charge in [0.05, 0.1) is 5.69 Å². The number of phenolic OH excluding ortho intramolecular Hbond substituents is 1. The van der Waals surface area contributed by atoms with E-state index in [0.717, 1.165) is 5.56 Å². The lowest BCUT2D eigenvalue weighted by Crippen LogP contribution is -1.84. The Morgan fingerprint density at radius 2 is 2.00 bits per heavy atom. The molecular formula is C10H7ClN2O. The second-order valence-electron chi connectivity index (χ2n) is 2.78. The maximum Gasteiger partial charge on any atom is 0.133 e. The minimum Gasteiger partial charge on any atom is -0.508 e. The van der Waals surface area contributed by atoms with Crippen molar-refractivity contribution in [2.75, 3.05) is 0 Å². The monoisotopic (exact) mass is 206 g/mol. The molecule has 0 saturated heterocycles. The molecule has 0 aliphatic rings. The molecule has 0 saturated carbocycles. The van der Waals surface area contributed by atoms with Crippen LogP contribution < -0.4 is 0 Å². The fourth-order valence-corrected chi connectivity index (χ4v) is 1.30. The molecule has 0 fully saturated rings. The Hall–Kier alpha value is -1.61. The molecule has 0 aliphatic carbocycles. The number of aromatic hydroxyl groups is 1. The minimum atomic E-state index is 0.206. The van der Waals surface area contributed by atoms with Crippen LogP contribution in [0, 0.1) is 0 Å².